The van der Waals surface area contributed by atoms with Gasteiger partial charge in [0.2, 0.25) is 5.95 Å². The lowest BCUT2D eigenvalue weighted by Crippen LogP contribution is -2.33. The van der Waals surface area contributed by atoms with Crippen molar-refractivity contribution in [1.29, 1.82) is 0 Å². The third-order valence-electron chi connectivity index (χ3n) is 6.33. The zero-order valence-corrected chi connectivity index (χ0v) is 22.4. The van der Waals surface area contributed by atoms with E-state index in [9.17, 15) is 9.90 Å². The molecule has 3 rings (SSSR count). The highest BCUT2D eigenvalue weighted by Gasteiger charge is 2.23. The second kappa shape index (κ2) is 12.8. The molecule has 2 heterocycles. The first-order chi connectivity index (χ1) is 17.8. The van der Waals surface area contributed by atoms with Crippen LogP contribution in [0, 0.1) is 5.92 Å². The van der Waals surface area contributed by atoms with E-state index in [2.05, 4.69) is 39.1 Å². The monoisotopic (exact) mass is 508 g/mol. The molecule has 0 saturated heterocycles. The van der Waals surface area contributed by atoms with Crippen LogP contribution in [0.25, 0.3) is 11.1 Å². The van der Waals surface area contributed by atoms with Crippen molar-refractivity contribution in [3.8, 4) is 22.6 Å². The number of benzene rings is 1. The fourth-order valence-corrected chi connectivity index (χ4v) is 4.05. The van der Waals surface area contributed by atoms with Crippen LogP contribution in [0.4, 0.5) is 11.8 Å². The van der Waals surface area contributed by atoms with Gasteiger partial charge in [0, 0.05) is 50.2 Å². The average molecular weight is 509 g/mol. The number of ether oxygens (including phenoxy) is 2. The molecule has 0 aliphatic rings. The molecule has 2 N–H and O–H groups in total. The zero-order chi connectivity index (χ0) is 26.9. The molecule has 0 spiro atoms. The minimum atomic E-state index is -1.02. The average Bonchev–Trinajstić information content (AvgIpc) is 2.91. The first-order valence-corrected chi connectivity index (χ1v) is 12.4. The van der Waals surface area contributed by atoms with E-state index in [0.29, 0.717) is 40.6 Å². The molecule has 1 aromatic carbocycles. The van der Waals surface area contributed by atoms with Gasteiger partial charge in [0.05, 0.1) is 19.8 Å². The van der Waals surface area contributed by atoms with Crippen molar-refractivity contribution < 1.29 is 19.4 Å². The third kappa shape index (κ3) is 6.84. The van der Waals surface area contributed by atoms with Crippen LogP contribution in [-0.4, -0.2) is 65.4 Å². The van der Waals surface area contributed by atoms with E-state index in [1.54, 1.807) is 37.7 Å². The van der Waals surface area contributed by atoms with E-state index in [1.165, 1.54) is 0 Å². The summed E-state index contributed by atoms with van der Waals surface area (Å²) in [5, 5.41) is 13.1. The van der Waals surface area contributed by atoms with Gasteiger partial charge in [-0.15, -0.1) is 0 Å². The van der Waals surface area contributed by atoms with Crippen LogP contribution in [0.2, 0.25) is 0 Å². The molecular formula is C27H36N6O4. The second-order valence-corrected chi connectivity index (χ2v) is 8.99. The lowest BCUT2D eigenvalue weighted by Gasteiger charge is -2.21. The Labute approximate surface area is 218 Å². The third-order valence-corrected chi connectivity index (χ3v) is 6.33. The summed E-state index contributed by atoms with van der Waals surface area (Å²) in [6, 6.07) is 4.53. The highest BCUT2D eigenvalue weighted by atomic mass is 16.5. The number of rotatable bonds is 13. The molecule has 1 atom stereocenters. The Bertz CT molecular complexity index is 1160. The summed E-state index contributed by atoms with van der Waals surface area (Å²) in [5.74, 6) is 2.12. The van der Waals surface area contributed by atoms with E-state index in [1.807, 2.05) is 32.3 Å². The molecule has 0 saturated carbocycles. The fraction of sp³-hybridized carbons (Fsp3) is 0.444. The van der Waals surface area contributed by atoms with Gasteiger partial charge in [0.1, 0.15) is 29.2 Å². The summed E-state index contributed by atoms with van der Waals surface area (Å²) in [5.41, 5.74) is 2.33. The SMILES string of the molecule is CCC(CC)Cc1cnc(N(C)C)nc1NC(Cc1ncc(-c2c(OC)cccc2OC)cn1)C(=O)O. The molecule has 198 valence electrons. The summed E-state index contributed by atoms with van der Waals surface area (Å²) < 4.78 is 11.0. The number of anilines is 2. The van der Waals surface area contributed by atoms with Crippen molar-refractivity contribution in [1.82, 2.24) is 19.9 Å². The Morgan fingerprint density at radius 3 is 2.14 bits per heavy atom. The van der Waals surface area contributed by atoms with Crippen molar-refractivity contribution in [2.75, 3.05) is 38.5 Å². The Morgan fingerprint density at radius 2 is 1.62 bits per heavy atom. The van der Waals surface area contributed by atoms with Crippen molar-refractivity contribution in [3.63, 3.8) is 0 Å². The summed E-state index contributed by atoms with van der Waals surface area (Å²) >= 11 is 0. The van der Waals surface area contributed by atoms with Gasteiger partial charge in [-0.25, -0.2) is 19.7 Å². The van der Waals surface area contributed by atoms with Gasteiger partial charge in [-0.1, -0.05) is 32.8 Å². The highest BCUT2D eigenvalue weighted by molar-refractivity contribution is 5.78. The van der Waals surface area contributed by atoms with Crippen LogP contribution < -0.4 is 19.7 Å². The summed E-state index contributed by atoms with van der Waals surface area (Å²) in [6.07, 6.45) is 7.96. The van der Waals surface area contributed by atoms with E-state index >= 15 is 0 Å². The lowest BCUT2D eigenvalue weighted by molar-refractivity contribution is -0.137. The van der Waals surface area contributed by atoms with Gasteiger partial charge in [-0.3, -0.25) is 0 Å². The molecule has 37 heavy (non-hydrogen) atoms. The summed E-state index contributed by atoms with van der Waals surface area (Å²) in [7, 11) is 6.87. The number of aromatic nitrogens is 4. The first kappa shape index (κ1) is 27.6. The fourth-order valence-electron chi connectivity index (χ4n) is 4.05. The van der Waals surface area contributed by atoms with Gasteiger partial charge >= 0.3 is 5.97 Å². The number of hydrogen-bond acceptors (Lipinski definition) is 9. The maximum Gasteiger partial charge on any atom is 0.326 e. The molecule has 0 aliphatic heterocycles. The normalized spacial score (nSPS) is 11.8. The van der Waals surface area contributed by atoms with Crippen molar-refractivity contribution in [3.05, 3.63) is 48.2 Å². The predicted molar refractivity (Wildman–Crippen MR) is 143 cm³/mol. The lowest BCUT2D eigenvalue weighted by atomic mass is 9.95. The van der Waals surface area contributed by atoms with Crippen molar-refractivity contribution in [2.45, 2.75) is 45.6 Å². The van der Waals surface area contributed by atoms with Crippen LogP contribution in [0.1, 0.15) is 38.1 Å². The number of nitrogens with one attached hydrogen (secondary N) is 1. The van der Waals surface area contributed by atoms with Crippen LogP contribution in [0.3, 0.4) is 0 Å². The van der Waals surface area contributed by atoms with Crippen LogP contribution in [0.15, 0.2) is 36.8 Å². The molecule has 3 aromatic rings. The Balaban J connectivity index is 1.87. The van der Waals surface area contributed by atoms with Gasteiger partial charge in [0.25, 0.3) is 0 Å². The Morgan fingerprint density at radius 1 is 1.00 bits per heavy atom. The maximum atomic E-state index is 12.2. The predicted octanol–water partition coefficient (Wildman–Crippen LogP) is 4.10. The number of hydrogen-bond donors (Lipinski definition) is 2. The molecule has 0 fully saturated rings. The molecule has 10 heteroatoms. The highest BCUT2D eigenvalue weighted by Crippen LogP contribution is 2.37. The van der Waals surface area contributed by atoms with E-state index in [4.69, 9.17) is 9.47 Å². The van der Waals surface area contributed by atoms with Crippen LogP contribution in [-0.2, 0) is 17.6 Å². The van der Waals surface area contributed by atoms with E-state index in [-0.39, 0.29) is 6.42 Å². The summed E-state index contributed by atoms with van der Waals surface area (Å²) in [6.45, 7) is 4.30. The minimum Gasteiger partial charge on any atom is -0.496 e. The van der Waals surface area contributed by atoms with Crippen molar-refractivity contribution in [2.24, 2.45) is 5.92 Å². The first-order valence-electron chi connectivity index (χ1n) is 12.4. The standard InChI is InChI=1S/C27H36N6O4/c1-7-17(8-2)12-18-14-30-27(33(3)4)32-25(18)31-20(26(34)35)13-23-28-15-19(16-29-23)24-21(36-5)10-9-11-22(24)37-6/h9-11,14-17,20H,7-8,12-13H2,1-6H3,(H,34,35)(H,30,31,32). The Hall–Kier alpha value is -3.95. The number of nitrogens with zero attached hydrogens (tertiary/aromatic N) is 5. The van der Waals surface area contributed by atoms with E-state index < -0.39 is 12.0 Å². The molecule has 0 aliphatic carbocycles. The summed E-state index contributed by atoms with van der Waals surface area (Å²) in [4.78, 5) is 32.0. The van der Waals surface area contributed by atoms with E-state index in [0.717, 1.165) is 30.4 Å². The van der Waals surface area contributed by atoms with Crippen molar-refractivity contribution >= 4 is 17.7 Å². The Kier molecular flexibility index (Phi) is 9.59. The van der Waals surface area contributed by atoms with Gasteiger partial charge in [0.15, 0.2) is 0 Å². The van der Waals surface area contributed by atoms with Crippen LogP contribution in [0.5, 0.6) is 11.5 Å². The number of carbonyl (C=O) groups is 1. The molecule has 10 nitrogen and oxygen atoms in total. The number of carboxylic acid groups (broad SMARTS) is 1. The zero-order valence-electron chi connectivity index (χ0n) is 22.4. The maximum absolute atomic E-state index is 12.2. The molecule has 0 bridgehead atoms. The second-order valence-electron chi connectivity index (χ2n) is 8.99. The smallest absolute Gasteiger partial charge is 0.326 e. The quantitative estimate of drug-likeness (QED) is 0.349. The van der Waals surface area contributed by atoms with Gasteiger partial charge in [-0.05, 0) is 24.5 Å². The number of methoxy groups -OCH3 is 2. The number of carboxylic acids is 1. The number of aliphatic carboxylic acids is 1. The molecule has 0 radical (unpaired) electrons. The largest absolute Gasteiger partial charge is 0.496 e. The van der Waals surface area contributed by atoms with Gasteiger partial charge < -0.3 is 24.8 Å². The van der Waals surface area contributed by atoms with Gasteiger partial charge in [-0.2, -0.15) is 4.98 Å². The molecule has 2 aromatic heterocycles. The topological polar surface area (TPSA) is 123 Å². The molecule has 0 amide bonds. The minimum absolute atomic E-state index is 0.0738. The molecule has 1 unspecified atom stereocenters. The van der Waals surface area contributed by atoms with Crippen LogP contribution >= 0.6 is 0 Å². The molecular weight excluding hydrogens is 472 g/mol.